The zero-order valence-corrected chi connectivity index (χ0v) is 6.23. The first-order valence-electron chi connectivity index (χ1n) is 2.97. The number of hydrogen-bond acceptors (Lipinski definition) is 2. The maximum absolute atomic E-state index is 10.5. The summed E-state index contributed by atoms with van der Waals surface area (Å²) in [5.41, 5.74) is -0.366. The van der Waals surface area contributed by atoms with Gasteiger partial charge in [0.05, 0.1) is 0 Å². The van der Waals surface area contributed by atoms with Crippen LogP contribution < -0.4 is 0 Å². The smallest absolute Gasteiger partial charge is 0.306 e. The number of ether oxygens (including phenoxy) is 1. The van der Waals surface area contributed by atoms with E-state index < -0.39 is 0 Å². The first-order chi connectivity index (χ1) is 3.95. The molecule has 0 aliphatic heterocycles. The average molecular weight is 129 g/mol. The van der Waals surface area contributed by atoms with E-state index in [2.05, 4.69) is 6.92 Å². The Morgan fingerprint density at radius 1 is 1.56 bits per heavy atom. The van der Waals surface area contributed by atoms with Crippen LogP contribution in [0.3, 0.4) is 0 Å². The molecule has 53 valence electrons. The van der Waals surface area contributed by atoms with Crippen molar-refractivity contribution in [1.29, 1.82) is 0 Å². The van der Waals surface area contributed by atoms with Crippen molar-refractivity contribution in [2.75, 3.05) is 0 Å². The lowest BCUT2D eigenvalue weighted by atomic mass is 10.2. The normalized spacial score (nSPS) is 11.1. The Kier molecular flexibility index (Phi) is 2.68. The van der Waals surface area contributed by atoms with E-state index in [1.807, 2.05) is 20.8 Å². The molecular formula is C7H13O2. The molecule has 0 rings (SSSR count). The number of rotatable bonds is 1. The molecule has 1 radical (unpaired) electrons. The molecule has 0 aromatic heterocycles. The third kappa shape index (κ3) is 5.34. The average Bonchev–Trinajstić information content (AvgIpc) is 1.62. The molecule has 2 heteroatoms. The van der Waals surface area contributed by atoms with Gasteiger partial charge in [-0.3, -0.25) is 4.79 Å². The van der Waals surface area contributed by atoms with Gasteiger partial charge >= 0.3 is 5.97 Å². The van der Waals surface area contributed by atoms with E-state index in [1.165, 1.54) is 0 Å². The van der Waals surface area contributed by atoms with Crippen molar-refractivity contribution in [3.63, 3.8) is 0 Å². The van der Waals surface area contributed by atoms with Crippen LogP contribution >= 0.6 is 0 Å². The molecule has 0 saturated heterocycles. The van der Waals surface area contributed by atoms with Gasteiger partial charge in [-0.25, -0.2) is 0 Å². The lowest BCUT2D eigenvalue weighted by Crippen LogP contribution is -2.23. The van der Waals surface area contributed by atoms with Gasteiger partial charge in [0.1, 0.15) is 5.60 Å². The summed E-state index contributed by atoms with van der Waals surface area (Å²) in [5, 5.41) is 0. The van der Waals surface area contributed by atoms with E-state index in [9.17, 15) is 4.79 Å². The zero-order valence-electron chi connectivity index (χ0n) is 6.23. The van der Waals surface area contributed by atoms with Gasteiger partial charge in [0.25, 0.3) is 0 Å². The highest BCUT2D eigenvalue weighted by molar-refractivity contribution is 5.70. The van der Waals surface area contributed by atoms with E-state index in [0.717, 1.165) is 0 Å². The van der Waals surface area contributed by atoms with Crippen molar-refractivity contribution < 1.29 is 9.53 Å². The molecule has 0 aliphatic carbocycles. The summed E-state index contributed by atoms with van der Waals surface area (Å²) in [6, 6.07) is 0. The molecule has 0 atom stereocenters. The number of hydrogen-bond donors (Lipinski definition) is 0. The molecule has 0 heterocycles. The van der Waals surface area contributed by atoms with Crippen LogP contribution in [0, 0.1) is 6.92 Å². The summed E-state index contributed by atoms with van der Waals surface area (Å²) in [5.74, 6) is -0.248. The highest BCUT2D eigenvalue weighted by Gasteiger charge is 2.13. The summed E-state index contributed by atoms with van der Waals surface area (Å²) in [7, 11) is 0. The Morgan fingerprint density at radius 2 is 2.00 bits per heavy atom. The van der Waals surface area contributed by atoms with Gasteiger partial charge < -0.3 is 4.74 Å². The van der Waals surface area contributed by atoms with Crippen molar-refractivity contribution in [3.8, 4) is 0 Å². The SMILES string of the molecule is [CH2]CC(=O)OC(C)(C)C. The Hall–Kier alpha value is -0.530. The predicted molar refractivity (Wildman–Crippen MR) is 35.8 cm³/mol. The largest absolute Gasteiger partial charge is 0.460 e. The topological polar surface area (TPSA) is 26.3 Å². The molecule has 0 unspecified atom stereocenters. The maximum atomic E-state index is 10.5. The van der Waals surface area contributed by atoms with Crippen LogP contribution in [-0.4, -0.2) is 11.6 Å². The summed E-state index contributed by atoms with van der Waals surface area (Å²) in [4.78, 5) is 10.5. The molecule has 0 bridgehead atoms. The number of carbonyl (C=O) groups excluding carboxylic acids is 1. The van der Waals surface area contributed by atoms with Crippen LogP contribution in [0.5, 0.6) is 0 Å². The number of esters is 1. The third-order valence-electron chi connectivity index (χ3n) is 0.624. The Bertz CT molecular complexity index is 100.0. The molecule has 9 heavy (non-hydrogen) atoms. The molecule has 0 fully saturated rings. The van der Waals surface area contributed by atoms with E-state index in [4.69, 9.17) is 4.74 Å². The quantitative estimate of drug-likeness (QED) is 0.502. The fourth-order valence-electron chi connectivity index (χ4n) is 0.393. The van der Waals surface area contributed by atoms with E-state index >= 15 is 0 Å². The van der Waals surface area contributed by atoms with Gasteiger partial charge in [-0.2, -0.15) is 0 Å². The fraction of sp³-hybridized carbons (Fsp3) is 0.714. The summed E-state index contributed by atoms with van der Waals surface area (Å²) in [6.07, 6.45) is 0.206. The van der Waals surface area contributed by atoms with Gasteiger partial charge in [-0.05, 0) is 27.7 Å². The Balaban J connectivity index is 3.60. The minimum atomic E-state index is -0.366. The van der Waals surface area contributed by atoms with Gasteiger partial charge in [-0.1, -0.05) is 0 Å². The Labute approximate surface area is 56.2 Å². The van der Waals surface area contributed by atoms with Crippen molar-refractivity contribution in [2.24, 2.45) is 0 Å². The van der Waals surface area contributed by atoms with Gasteiger partial charge in [0, 0.05) is 6.42 Å². The molecule has 0 amide bonds. The van der Waals surface area contributed by atoms with Crippen LogP contribution in [0.1, 0.15) is 27.2 Å². The summed E-state index contributed by atoms with van der Waals surface area (Å²) < 4.78 is 4.89. The zero-order chi connectivity index (χ0) is 7.49. The molecule has 0 aromatic carbocycles. The summed E-state index contributed by atoms with van der Waals surface area (Å²) >= 11 is 0. The van der Waals surface area contributed by atoms with Crippen LogP contribution in [0.4, 0.5) is 0 Å². The van der Waals surface area contributed by atoms with Gasteiger partial charge in [0.2, 0.25) is 0 Å². The highest BCUT2D eigenvalue weighted by Crippen LogP contribution is 2.07. The molecule has 0 saturated carbocycles. The lowest BCUT2D eigenvalue weighted by Gasteiger charge is -2.18. The second-order valence-electron chi connectivity index (χ2n) is 2.84. The first kappa shape index (κ1) is 8.47. The predicted octanol–water partition coefficient (Wildman–Crippen LogP) is 1.55. The maximum Gasteiger partial charge on any atom is 0.306 e. The van der Waals surface area contributed by atoms with Crippen molar-refractivity contribution in [1.82, 2.24) is 0 Å². The minimum absolute atomic E-state index is 0.206. The fourth-order valence-corrected chi connectivity index (χ4v) is 0.393. The Morgan fingerprint density at radius 3 is 2.11 bits per heavy atom. The monoisotopic (exact) mass is 129 g/mol. The molecule has 2 nitrogen and oxygen atoms in total. The summed E-state index contributed by atoms with van der Waals surface area (Å²) in [6.45, 7) is 8.90. The lowest BCUT2D eigenvalue weighted by molar-refractivity contribution is -0.153. The van der Waals surface area contributed by atoms with Gasteiger partial charge in [-0.15, -0.1) is 0 Å². The standard InChI is InChI=1S/C7H13O2/c1-5-6(8)9-7(2,3)4/h1,5H2,2-4H3. The van der Waals surface area contributed by atoms with Crippen LogP contribution in [0.2, 0.25) is 0 Å². The van der Waals surface area contributed by atoms with E-state index in [-0.39, 0.29) is 18.0 Å². The second-order valence-corrected chi connectivity index (χ2v) is 2.84. The van der Waals surface area contributed by atoms with Crippen molar-refractivity contribution in [3.05, 3.63) is 6.92 Å². The molecule has 0 spiro atoms. The number of carbonyl (C=O) groups is 1. The first-order valence-corrected chi connectivity index (χ1v) is 2.97. The minimum Gasteiger partial charge on any atom is -0.460 e. The van der Waals surface area contributed by atoms with E-state index in [0.29, 0.717) is 0 Å². The molecular weight excluding hydrogens is 116 g/mol. The van der Waals surface area contributed by atoms with Crippen molar-refractivity contribution >= 4 is 5.97 Å². The second kappa shape index (κ2) is 2.85. The van der Waals surface area contributed by atoms with Crippen LogP contribution in [0.25, 0.3) is 0 Å². The molecule has 0 N–H and O–H groups in total. The van der Waals surface area contributed by atoms with Crippen LogP contribution in [0.15, 0.2) is 0 Å². The third-order valence-corrected chi connectivity index (χ3v) is 0.624. The van der Waals surface area contributed by atoms with Gasteiger partial charge in [0.15, 0.2) is 0 Å². The van der Waals surface area contributed by atoms with Crippen molar-refractivity contribution in [2.45, 2.75) is 32.8 Å². The highest BCUT2D eigenvalue weighted by atomic mass is 16.6. The van der Waals surface area contributed by atoms with Crippen LogP contribution in [-0.2, 0) is 9.53 Å². The van der Waals surface area contributed by atoms with E-state index in [1.54, 1.807) is 0 Å². The molecule has 0 aromatic rings. The molecule has 0 aliphatic rings.